The molecular weight excluding hydrogens is 172 g/mol. The molecule has 0 aliphatic carbocycles. The summed E-state index contributed by atoms with van der Waals surface area (Å²) in [7, 11) is 0. The van der Waals surface area contributed by atoms with Crippen molar-refractivity contribution in [1.29, 1.82) is 0 Å². The SMILES string of the molecule is C1=CC2=NCc3ccccc3N2CC1. The molecule has 0 saturated heterocycles. The van der Waals surface area contributed by atoms with E-state index in [9.17, 15) is 0 Å². The van der Waals surface area contributed by atoms with E-state index in [1.165, 1.54) is 11.3 Å². The normalized spacial score (nSPS) is 18.6. The zero-order valence-electron chi connectivity index (χ0n) is 7.98. The highest BCUT2D eigenvalue weighted by molar-refractivity contribution is 6.07. The lowest BCUT2D eigenvalue weighted by molar-refractivity contribution is 0.893. The number of nitrogens with zero attached hydrogens (tertiary/aromatic N) is 2. The van der Waals surface area contributed by atoms with Crippen LogP contribution in [0.3, 0.4) is 0 Å². The molecule has 70 valence electrons. The quantitative estimate of drug-likeness (QED) is 0.604. The molecule has 2 nitrogen and oxygen atoms in total. The lowest BCUT2D eigenvalue weighted by atomic mass is 10.1. The minimum atomic E-state index is 0.826. The first-order chi connectivity index (χ1) is 6.95. The second-order valence-electron chi connectivity index (χ2n) is 3.65. The van der Waals surface area contributed by atoms with E-state index in [0.29, 0.717) is 0 Å². The predicted molar refractivity (Wildman–Crippen MR) is 58.7 cm³/mol. The number of anilines is 1. The van der Waals surface area contributed by atoms with Crippen LogP contribution in [0.15, 0.2) is 41.4 Å². The fraction of sp³-hybridized carbons (Fsp3) is 0.250. The van der Waals surface area contributed by atoms with Crippen LogP contribution in [0.1, 0.15) is 12.0 Å². The second kappa shape index (κ2) is 2.98. The van der Waals surface area contributed by atoms with Gasteiger partial charge in [0, 0.05) is 12.2 Å². The van der Waals surface area contributed by atoms with Crippen molar-refractivity contribution >= 4 is 11.5 Å². The number of benzene rings is 1. The van der Waals surface area contributed by atoms with Crippen molar-refractivity contribution in [1.82, 2.24) is 0 Å². The Balaban J connectivity index is 2.11. The third-order valence-corrected chi connectivity index (χ3v) is 2.76. The Hall–Kier alpha value is -1.57. The molecule has 0 aromatic heterocycles. The molecule has 0 atom stereocenters. The lowest BCUT2D eigenvalue weighted by Gasteiger charge is -2.31. The van der Waals surface area contributed by atoms with E-state index in [1.54, 1.807) is 0 Å². The fourth-order valence-electron chi connectivity index (χ4n) is 2.05. The van der Waals surface area contributed by atoms with E-state index in [4.69, 9.17) is 0 Å². The zero-order valence-corrected chi connectivity index (χ0v) is 7.98. The van der Waals surface area contributed by atoms with Crippen molar-refractivity contribution in [2.45, 2.75) is 13.0 Å². The average Bonchev–Trinajstić information content (AvgIpc) is 2.29. The standard InChI is InChI=1S/C12H12N2/c1-2-6-11-10(5-1)9-13-12-7-3-4-8-14(11)12/h1-3,5-7H,4,8-9H2. The van der Waals surface area contributed by atoms with E-state index in [1.807, 2.05) is 0 Å². The maximum absolute atomic E-state index is 4.55. The van der Waals surface area contributed by atoms with Crippen LogP contribution in [0.25, 0.3) is 0 Å². The lowest BCUT2D eigenvalue weighted by Crippen LogP contribution is -2.35. The molecule has 2 heterocycles. The average molecular weight is 184 g/mol. The van der Waals surface area contributed by atoms with Gasteiger partial charge in [-0.25, -0.2) is 0 Å². The highest BCUT2D eigenvalue weighted by Gasteiger charge is 2.20. The minimum Gasteiger partial charge on any atom is -0.326 e. The summed E-state index contributed by atoms with van der Waals surface area (Å²) in [4.78, 5) is 6.85. The van der Waals surface area contributed by atoms with Crippen molar-refractivity contribution < 1.29 is 0 Å². The van der Waals surface area contributed by atoms with Crippen LogP contribution in [0.5, 0.6) is 0 Å². The number of aliphatic imine (C=N–C) groups is 1. The molecule has 0 radical (unpaired) electrons. The molecule has 0 amide bonds. The van der Waals surface area contributed by atoms with Gasteiger partial charge in [0.2, 0.25) is 0 Å². The van der Waals surface area contributed by atoms with Gasteiger partial charge in [-0.15, -0.1) is 0 Å². The van der Waals surface area contributed by atoms with Crippen molar-refractivity contribution in [2.75, 3.05) is 11.4 Å². The molecule has 2 aliphatic rings. The summed E-state index contributed by atoms with van der Waals surface area (Å²) in [6.07, 6.45) is 5.44. The molecule has 14 heavy (non-hydrogen) atoms. The van der Waals surface area contributed by atoms with Crippen molar-refractivity contribution in [3.63, 3.8) is 0 Å². The van der Waals surface area contributed by atoms with Crippen LogP contribution in [-0.4, -0.2) is 12.4 Å². The van der Waals surface area contributed by atoms with Crippen molar-refractivity contribution in [3.05, 3.63) is 42.0 Å². The molecule has 1 aromatic carbocycles. The van der Waals surface area contributed by atoms with Crippen LogP contribution >= 0.6 is 0 Å². The molecular formula is C12H12N2. The summed E-state index contributed by atoms with van der Waals surface area (Å²) >= 11 is 0. The van der Waals surface area contributed by atoms with Gasteiger partial charge in [-0.1, -0.05) is 24.3 Å². The summed E-state index contributed by atoms with van der Waals surface area (Å²) < 4.78 is 0. The first kappa shape index (κ1) is 7.80. The van der Waals surface area contributed by atoms with Gasteiger partial charge < -0.3 is 4.90 Å². The molecule has 2 aliphatic heterocycles. The van der Waals surface area contributed by atoms with Crippen LogP contribution < -0.4 is 4.90 Å². The molecule has 3 rings (SSSR count). The van der Waals surface area contributed by atoms with Gasteiger partial charge in [-0.3, -0.25) is 4.99 Å². The topological polar surface area (TPSA) is 15.6 Å². The van der Waals surface area contributed by atoms with Gasteiger partial charge in [0.25, 0.3) is 0 Å². The molecule has 0 bridgehead atoms. The Bertz CT molecular complexity index is 418. The number of hydrogen-bond donors (Lipinski definition) is 0. The maximum Gasteiger partial charge on any atom is 0.127 e. The van der Waals surface area contributed by atoms with Gasteiger partial charge in [0.15, 0.2) is 0 Å². The Morgan fingerprint density at radius 2 is 2.14 bits per heavy atom. The Labute approximate surface area is 83.6 Å². The van der Waals surface area contributed by atoms with Crippen molar-refractivity contribution in [2.24, 2.45) is 4.99 Å². The summed E-state index contributed by atoms with van der Waals surface area (Å²) in [5.41, 5.74) is 2.67. The number of fused-ring (bicyclic) bond motifs is 3. The molecule has 0 fully saturated rings. The Morgan fingerprint density at radius 1 is 1.21 bits per heavy atom. The molecule has 1 aromatic rings. The first-order valence-corrected chi connectivity index (χ1v) is 5.01. The number of rotatable bonds is 0. The van der Waals surface area contributed by atoms with E-state index in [2.05, 4.69) is 46.3 Å². The highest BCUT2D eigenvalue weighted by Crippen LogP contribution is 2.27. The van der Waals surface area contributed by atoms with E-state index >= 15 is 0 Å². The molecule has 0 N–H and O–H groups in total. The van der Waals surface area contributed by atoms with Gasteiger partial charge in [0.05, 0.1) is 6.54 Å². The summed E-state index contributed by atoms with van der Waals surface area (Å²) in [6, 6.07) is 8.52. The Kier molecular flexibility index (Phi) is 1.66. The number of para-hydroxylation sites is 1. The molecule has 0 unspecified atom stereocenters. The van der Waals surface area contributed by atoms with Crippen molar-refractivity contribution in [3.8, 4) is 0 Å². The van der Waals surface area contributed by atoms with E-state index in [-0.39, 0.29) is 0 Å². The highest BCUT2D eigenvalue weighted by atomic mass is 15.2. The van der Waals surface area contributed by atoms with Gasteiger partial charge >= 0.3 is 0 Å². The van der Waals surface area contributed by atoms with Crippen LogP contribution in [-0.2, 0) is 6.54 Å². The molecule has 0 saturated carbocycles. The smallest absolute Gasteiger partial charge is 0.127 e. The summed E-state index contributed by atoms with van der Waals surface area (Å²) in [6.45, 7) is 1.89. The molecule has 2 heteroatoms. The fourth-order valence-corrected chi connectivity index (χ4v) is 2.05. The minimum absolute atomic E-state index is 0.826. The maximum atomic E-state index is 4.55. The second-order valence-corrected chi connectivity index (χ2v) is 3.65. The summed E-state index contributed by atoms with van der Waals surface area (Å²) in [5.74, 6) is 1.12. The van der Waals surface area contributed by atoms with E-state index in [0.717, 1.165) is 25.3 Å². The van der Waals surface area contributed by atoms with E-state index < -0.39 is 0 Å². The summed E-state index contributed by atoms with van der Waals surface area (Å²) in [5, 5.41) is 0. The third-order valence-electron chi connectivity index (χ3n) is 2.76. The zero-order chi connectivity index (χ0) is 9.38. The number of hydrogen-bond acceptors (Lipinski definition) is 2. The largest absolute Gasteiger partial charge is 0.326 e. The van der Waals surface area contributed by atoms with Crippen LogP contribution in [0, 0.1) is 0 Å². The van der Waals surface area contributed by atoms with Crippen LogP contribution in [0.4, 0.5) is 5.69 Å². The molecule has 0 spiro atoms. The van der Waals surface area contributed by atoms with Crippen LogP contribution in [0.2, 0.25) is 0 Å². The third kappa shape index (κ3) is 1.07. The Morgan fingerprint density at radius 3 is 3.14 bits per heavy atom. The van der Waals surface area contributed by atoms with Gasteiger partial charge in [-0.2, -0.15) is 0 Å². The first-order valence-electron chi connectivity index (χ1n) is 5.01. The number of amidine groups is 1. The van der Waals surface area contributed by atoms with Gasteiger partial charge in [0.1, 0.15) is 5.84 Å². The monoisotopic (exact) mass is 184 g/mol. The van der Waals surface area contributed by atoms with Gasteiger partial charge in [-0.05, 0) is 24.1 Å². The predicted octanol–water partition coefficient (Wildman–Crippen LogP) is 2.37.